The Morgan fingerprint density at radius 2 is 1.95 bits per heavy atom. The molecule has 1 aromatic carbocycles. The first kappa shape index (κ1) is 14.5. The number of carbonyl (C=O) groups is 2. The highest BCUT2D eigenvalue weighted by molar-refractivity contribution is 7.17. The lowest BCUT2D eigenvalue weighted by molar-refractivity contribution is -0.144. The van der Waals surface area contributed by atoms with Crippen LogP contribution in [0.5, 0.6) is 0 Å². The van der Waals surface area contributed by atoms with E-state index in [0.717, 1.165) is 10.1 Å². The summed E-state index contributed by atoms with van der Waals surface area (Å²) in [5.74, 6) is -0.698. The third kappa shape index (κ3) is 2.82. The molecule has 0 radical (unpaired) electrons. The van der Waals surface area contributed by atoms with Crippen LogP contribution in [0, 0.1) is 5.92 Å². The summed E-state index contributed by atoms with van der Waals surface area (Å²) in [5.41, 5.74) is 0.597. The van der Waals surface area contributed by atoms with Crippen LogP contribution in [0.25, 0.3) is 10.1 Å². The van der Waals surface area contributed by atoms with Gasteiger partial charge in [-0.05, 0) is 12.0 Å². The molecule has 0 saturated carbocycles. The van der Waals surface area contributed by atoms with Gasteiger partial charge in [0.25, 0.3) is 5.91 Å². The first-order valence-electron chi connectivity index (χ1n) is 6.39. The highest BCUT2D eigenvalue weighted by atomic mass is 32.1. The minimum absolute atomic E-state index is 0.0312. The van der Waals surface area contributed by atoms with E-state index >= 15 is 0 Å². The zero-order valence-corrected chi connectivity index (χ0v) is 12.5. The molecule has 1 N–H and O–H groups in total. The first-order valence-corrected chi connectivity index (χ1v) is 7.27. The molecule has 5 heteroatoms. The lowest BCUT2D eigenvalue weighted by Gasteiger charge is -2.19. The van der Waals surface area contributed by atoms with Gasteiger partial charge in [0.1, 0.15) is 6.04 Å². The number of ether oxygens (including phenoxy) is 1. The number of thiophene rings is 1. The third-order valence-electron chi connectivity index (χ3n) is 3.13. The SMILES string of the molecule is COC(=O)C(NC(=O)c1csc2ccccc12)C(C)C. The van der Waals surface area contributed by atoms with Gasteiger partial charge in [0.2, 0.25) is 0 Å². The van der Waals surface area contributed by atoms with E-state index < -0.39 is 12.0 Å². The quantitative estimate of drug-likeness (QED) is 0.881. The van der Waals surface area contributed by atoms with Crippen molar-refractivity contribution in [3.8, 4) is 0 Å². The topological polar surface area (TPSA) is 55.4 Å². The maximum Gasteiger partial charge on any atom is 0.328 e. The average Bonchev–Trinajstić information content (AvgIpc) is 2.87. The van der Waals surface area contributed by atoms with Crippen LogP contribution in [0.3, 0.4) is 0 Å². The Kier molecular flexibility index (Phi) is 4.39. The van der Waals surface area contributed by atoms with E-state index in [1.807, 2.05) is 43.5 Å². The van der Waals surface area contributed by atoms with Gasteiger partial charge in [0.05, 0.1) is 12.7 Å². The van der Waals surface area contributed by atoms with Crippen LogP contribution in [0.15, 0.2) is 29.6 Å². The van der Waals surface area contributed by atoms with Gasteiger partial charge in [-0.15, -0.1) is 11.3 Å². The van der Waals surface area contributed by atoms with Crippen LogP contribution >= 0.6 is 11.3 Å². The number of hydrogen-bond donors (Lipinski definition) is 1. The maximum atomic E-state index is 12.3. The molecular formula is C15H17NO3S. The molecule has 2 rings (SSSR count). The lowest BCUT2D eigenvalue weighted by atomic mass is 10.0. The Hall–Kier alpha value is -1.88. The van der Waals surface area contributed by atoms with Gasteiger partial charge < -0.3 is 10.1 Å². The third-order valence-corrected chi connectivity index (χ3v) is 4.10. The fourth-order valence-electron chi connectivity index (χ4n) is 2.00. The van der Waals surface area contributed by atoms with E-state index in [-0.39, 0.29) is 11.8 Å². The van der Waals surface area contributed by atoms with Crippen molar-refractivity contribution in [1.29, 1.82) is 0 Å². The summed E-state index contributed by atoms with van der Waals surface area (Å²) in [4.78, 5) is 24.0. The number of rotatable bonds is 4. The number of hydrogen-bond acceptors (Lipinski definition) is 4. The second kappa shape index (κ2) is 6.05. The molecule has 0 aliphatic heterocycles. The molecule has 1 aromatic heterocycles. The van der Waals surface area contributed by atoms with Crippen LogP contribution in [-0.4, -0.2) is 25.0 Å². The highest BCUT2D eigenvalue weighted by Crippen LogP contribution is 2.25. The van der Waals surface area contributed by atoms with E-state index in [9.17, 15) is 9.59 Å². The minimum atomic E-state index is -0.633. The predicted octanol–water partition coefficient (Wildman–Crippen LogP) is 2.83. The van der Waals surface area contributed by atoms with Gasteiger partial charge >= 0.3 is 5.97 Å². The van der Waals surface area contributed by atoms with Crippen LogP contribution in [0.2, 0.25) is 0 Å². The van der Waals surface area contributed by atoms with Gasteiger partial charge in [-0.2, -0.15) is 0 Å². The Balaban J connectivity index is 2.25. The van der Waals surface area contributed by atoms with Crippen molar-refractivity contribution in [2.45, 2.75) is 19.9 Å². The second-order valence-electron chi connectivity index (χ2n) is 4.86. The van der Waals surface area contributed by atoms with Gasteiger partial charge in [-0.3, -0.25) is 4.79 Å². The molecule has 20 heavy (non-hydrogen) atoms. The number of methoxy groups -OCH3 is 1. The molecule has 1 atom stereocenters. The number of esters is 1. The summed E-state index contributed by atoms with van der Waals surface area (Å²) in [5, 5.41) is 5.47. The predicted molar refractivity (Wildman–Crippen MR) is 79.9 cm³/mol. The summed E-state index contributed by atoms with van der Waals surface area (Å²) in [6.07, 6.45) is 0. The van der Waals surface area contributed by atoms with Crippen molar-refractivity contribution in [2.24, 2.45) is 5.92 Å². The zero-order valence-electron chi connectivity index (χ0n) is 11.7. The molecule has 1 amide bonds. The summed E-state index contributed by atoms with van der Waals surface area (Å²) < 4.78 is 5.78. The van der Waals surface area contributed by atoms with E-state index in [0.29, 0.717) is 5.56 Å². The number of carbonyl (C=O) groups excluding carboxylic acids is 2. The Morgan fingerprint density at radius 3 is 2.60 bits per heavy atom. The van der Waals surface area contributed by atoms with Crippen LogP contribution in [0.4, 0.5) is 0 Å². The van der Waals surface area contributed by atoms with Crippen molar-refractivity contribution in [3.63, 3.8) is 0 Å². The van der Waals surface area contributed by atoms with Crippen LogP contribution in [-0.2, 0) is 9.53 Å². The number of nitrogens with one attached hydrogen (secondary N) is 1. The second-order valence-corrected chi connectivity index (χ2v) is 5.78. The molecule has 1 heterocycles. The van der Waals surface area contributed by atoms with E-state index in [1.165, 1.54) is 18.4 Å². The monoisotopic (exact) mass is 291 g/mol. The number of fused-ring (bicyclic) bond motifs is 1. The minimum Gasteiger partial charge on any atom is -0.467 e. The molecule has 0 bridgehead atoms. The standard InChI is InChI=1S/C15H17NO3S/c1-9(2)13(15(18)19-3)16-14(17)11-8-20-12-7-5-4-6-10(11)12/h4-9,13H,1-3H3,(H,16,17). The summed E-state index contributed by atoms with van der Waals surface area (Å²) in [7, 11) is 1.32. The number of benzene rings is 1. The van der Waals surface area contributed by atoms with E-state index in [2.05, 4.69) is 5.32 Å². The van der Waals surface area contributed by atoms with Crippen molar-refractivity contribution in [3.05, 3.63) is 35.2 Å². The van der Waals surface area contributed by atoms with Crippen molar-refractivity contribution < 1.29 is 14.3 Å². The molecule has 0 aliphatic carbocycles. The molecule has 0 saturated heterocycles. The largest absolute Gasteiger partial charge is 0.467 e. The molecule has 0 spiro atoms. The van der Waals surface area contributed by atoms with E-state index in [1.54, 1.807) is 0 Å². The van der Waals surface area contributed by atoms with Gasteiger partial charge in [-0.25, -0.2) is 4.79 Å². The van der Waals surface area contributed by atoms with Crippen LogP contribution in [0.1, 0.15) is 24.2 Å². The number of amides is 1. The Morgan fingerprint density at radius 1 is 1.25 bits per heavy atom. The Labute approximate surface area is 121 Å². The fourth-order valence-corrected chi connectivity index (χ4v) is 2.94. The van der Waals surface area contributed by atoms with Crippen LogP contribution < -0.4 is 5.32 Å². The molecule has 4 nitrogen and oxygen atoms in total. The molecule has 0 aliphatic rings. The summed E-state index contributed by atoms with van der Waals surface area (Å²) >= 11 is 1.51. The van der Waals surface area contributed by atoms with Gasteiger partial charge in [0.15, 0.2) is 0 Å². The summed E-state index contributed by atoms with van der Waals surface area (Å²) in [6, 6.07) is 7.07. The summed E-state index contributed by atoms with van der Waals surface area (Å²) in [6.45, 7) is 3.74. The lowest BCUT2D eigenvalue weighted by Crippen LogP contribution is -2.44. The average molecular weight is 291 g/mol. The van der Waals surface area contributed by atoms with Crippen molar-refractivity contribution >= 4 is 33.3 Å². The maximum absolute atomic E-state index is 12.3. The smallest absolute Gasteiger partial charge is 0.328 e. The Bertz CT molecular complexity index is 633. The molecule has 0 fully saturated rings. The highest BCUT2D eigenvalue weighted by Gasteiger charge is 2.26. The zero-order chi connectivity index (χ0) is 14.7. The molecular weight excluding hydrogens is 274 g/mol. The normalized spacial score (nSPS) is 12.4. The van der Waals surface area contributed by atoms with Gasteiger partial charge in [0, 0.05) is 15.5 Å². The van der Waals surface area contributed by atoms with E-state index in [4.69, 9.17) is 4.74 Å². The molecule has 106 valence electrons. The molecule has 1 unspecified atom stereocenters. The van der Waals surface area contributed by atoms with Crippen molar-refractivity contribution in [2.75, 3.05) is 7.11 Å². The molecule has 2 aromatic rings. The van der Waals surface area contributed by atoms with Crippen molar-refractivity contribution in [1.82, 2.24) is 5.32 Å². The van der Waals surface area contributed by atoms with Gasteiger partial charge in [-0.1, -0.05) is 32.0 Å². The fraction of sp³-hybridized carbons (Fsp3) is 0.333. The first-order chi connectivity index (χ1) is 9.54.